The highest BCUT2D eigenvalue weighted by Crippen LogP contribution is 2.43. The van der Waals surface area contributed by atoms with Gasteiger partial charge in [0.05, 0.1) is 17.3 Å². The van der Waals surface area contributed by atoms with Crippen molar-refractivity contribution < 1.29 is 9.59 Å². The van der Waals surface area contributed by atoms with Crippen molar-refractivity contribution in [3.05, 3.63) is 27.8 Å². The van der Waals surface area contributed by atoms with Crippen LogP contribution in [0.1, 0.15) is 77.5 Å². The molecule has 3 fully saturated rings. The van der Waals surface area contributed by atoms with Crippen LogP contribution in [0.25, 0.3) is 0 Å². The fourth-order valence-electron chi connectivity index (χ4n) is 5.12. The minimum atomic E-state index is -0.0870. The Hall–Kier alpha value is -2.50. The Bertz CT molecular complexity index is 1210. The van der Waals surface area contributed by atoms with E-state index in [0.717, 1.165) is 55.6 Å². The van der Waals surface area contributed by atoms with E-state index in [2.05, 4.69) is 31.7 Å². The summed E-state index contributed by atoms with van der Waals surface area (Å²) in [6.45, 7) is 2.69. The number of nitrogens with one attached hydrogen (secondary N) is 3. The molecular weight excluding hydrogens is 494 g/mol. The molecule has 2 aromatic heterocycles. The molecule has 192 valence electrons. The molecule has 1 atom stereocenters. The third-order valence-electron chi connectivity index (χ3n) is 7.58. The lowest BCUT2D eigenvalue weighted by molar-refractivity contribution is -0.117. The second-order valence-electron chi connectivity index (χ2n) is 10.7. The average molecular weight is 528 g/mol. The number of hydrogen-bond acceptors (Lipinski definition) is 6. The number of hydrogen-bond donors (Lipinski definition) is 4. The van der Waals surface area contributed by atoms with Gasteiger partial charge in [-0.3, -0.25) is 14.5 Å². The van der Waals surface area contributed by atoms with Crippen LogP contribution in [0.2, 0.25) is 0 Å². The molecule has 0 aliphatic heterocycles. The SMILES string of the molecule is Cc1cc(N(C(=S)NN)[C@H]2CCc3sc(NC(=O)C4CC4)c(C(=O)NCC4CC4)c3C2)n(C2CC2)n1. The first-order valence-corrected chi connectivity index (χ1v) is 14.2. The molecule has 4 aliphatic rings. The molecule has 0 spiro atoms. The first-order chi connectivity index (χ1) is 17.4. The van der Waals surface area contributed by atoms with E-state index in [1.807, 2.05) is 6.92 Å². The maximum absolute atomic E-state index is 13.4. The number of rotatable bonds is 8. The van der Waals surface area contributed by atoms with E-state index >= 15 is 0 Å². The molecule has 5 N–H and O–H groups in total. The number of fused-ring (bicyclic) bond motifs is 1. The quantitative estimate of drug-likeness (QED) is 0.237. The molecule has 0 saturated heterocycles. The number of thiocarbonyl (C=S) groups is 1. The van der Waals surface area contributed by atoms with Crippen molar-refractivity contribution >= 4 is 51.3 Å². The number of thiophene rings is 1. The molecule has 0 aromatic carbocycles. The normalized spacial score (nSPS) is 21.0. The van der Waals surface area contributed by atoms with Gasteiger partial charge in [0.25, 0.3) is 5.91 Å². The van der Waals surface area contributed by atoms with Gasteiger partial charge in [-0.2, -0.15) is 5.10 Å². The van der Waals surface area contributed by atoms with Gasteiger partial charge in [0.2, 0.25) is 5.91 Å². The summed E-state index contributed by atoms with van der Waals surface area (Å²) >= 11 is 7.25. The molecule has 6 rings (SSSR count). The van der Waals surface area contributed by atoms with Crippen LogP contribution in [0.5, 0.6) is 0 Å². The Labute approximate surface area is 220 Å². The van der Waals surface area contributed by atoms with Gasteiger partial charge in [-0.25, -0.2) is 10.5 Å². The summed E-state index contributed by atoms with van der Waals surface area (Å²) in [5, 5.41) is 12.1. The molecule has 0 bridgehead atoms. The first-order valence-electron chi connectivity index (χ1n) is 13.0. The highest BCUT2D eigenvalue weighted by molar-refractivity contribution is 7.80. The van der Waals surface area contributed by atoms with Crippen LogP contribution in [-0.2, 0) is 17.6 Å². The maximum atomic E-state index is 13.4. The predicted octanol–water partition coefficient (Wildman–Crippen LogP) is 3.19. The summed E-state index contributed by atoms with van der Waals surface area (Å²) in [5.41, 5.74) is 5.29. The number of hydrazine groups is 1. The Morgan fingerprint density at radius 3 is 2.67 bits per heavy atom. The third-order valence-corrected chi connectivity index (χ3v) is 9.10. The lowest BCUT2D eigenvalue weighted by atomic mass is 9.90. The van der Waals surface area contributed by atoms with Crippen LogP contribution >= 0.6 is 23.6 Å². The summed E-state index contributed by atoms with van der Waals surface area (Å²) in [6, 6.07) is 2.48. The predicted molar refractivity (Wildman–Crippen MR) is 144 cm³/mol. The third kappa shape index (κ3) is 4.76. The average Bonchev–Trinajstić information content (AvgIpc) is 3.73. The first kappa shape index (κ1) is 23.9. The number of aryl methyl sites for hydroxylation is 2. The molecule has 0 radical (unpaired) electrons. The minimum absolute atomic E-state index is 0.0196. The van der Waals surface area contributed by atoms with Gasteiger partial charge in [0, 0.05) is 29.4 Å². The molecule has 2 heterocycles. The largest absolute Gasteiger partial charge is 0.352 e. The van der Waals surface area contributed by atoms with Crippen molar-refractivity contribution in [2.75, 3.05) is 16.8 Å². The summed E-state index contributed by atoms with van der Waals surface area (Å²) in [7, 11) is 0. The van der Waals surface area contributed by atoms with Crippen LogP contribution in [0.3, 0.4) is 0 Å². The summed E-state index contributed by atoms with van der Waals surface area (Å²) in [4.78, 5) is 29.3. The van der Waals surface area contributed by atoms with Crippen LogP contribution in [-0.4, -0.2) is 39.3 Å². The van der Waals surface area contributed by atoms with E-state index < -0.39 is 0 Å². The topological polar surface area (TPSA) is 117 Å². The van der Waals surface area contributed by atoms with E-state index in [1.165, 1.54) is 17.7 Å². The highest BCUT2D eigenvalue weighted by atomic mass is 32.1. The molecule has 9 nitrogen and oxygen atoms in total. The van der Waals surface area contributed by atoms with Crippen LogP contribution in [0.4, 0.5) is 10.8 Å². The van der Waals surface area contributed by atoms with E-state index in [-0.39, 0.29) is 23.8 Å². The fraction of sp³-hybridized carbons (Fsp3) is 0.600. The summed E-state index contributed by atoms with van der Waals surface area (Å²) in [5.74, 6) is 7.38. The fourth-order valence-corrected chi connectivity index (χ4v) is 6.61. The zero-order valence-corrected chi connectivity index (χ0v) is 22.1. The Balaban J connectivity index is 1.33. The van der Waals surface area contributed by atoms with Gasteiger partial charge in [-0.05, 0) is 88.4 Å². The van der Waals surface area contributed by atoms with Crippen molar-refractivity contribution in [1.29, 1.82) is 0 Å². The van der Waals surface area contributed by atoms with Gasteiger partial charge in [0.15, 0.2) is 5.11 Å². The summed E-state index contributed by atoms with van der Waals surface area (Å²) < 4.78 is 2.08. The highest BCUT2D eigenvalue weighted by Gasteiger charge is 2.38. The van der Waals surface area contributed by atoms with Gasteiger partial charge in [-0.1, -0.05) is 0 Å². The Morgan fingerprint density at radius 1 is 1.22 bits per heavy atom. The second-order valence-corrected chi connectivity index (χ2v) is 12.2. The van der Waals surface area contributed by atoms with E-state index in [4.69, 9.17) is 23.2 Å². The number of aromatic nitrogens is 2. The number of carbonyl (C=O) groups excluding carboxylic acids is 2. The number of nitrogens with two attached hydrogens (primary N) is 1. The molecule has 3 saturated carbocycles. The van der Waals surface area contributed by atoms with Gasteiger partial charge < -0.3 is 16.1 Å². The standard InChI is InChI=1S/C25H33N7O2S2/c1-13-10-20(32(30-13)16-6-7-16)31(25(35)29-26)17-8-9-19-18(11-17)21(23(34)27-12-14-2-3-14)24(36-19)28-22(33)15-4-5-15/h10,14-17H,2-9,11-12,26H2,1H3,(H,27,34)(H,28,33)(H,29,35)/t17-/m0/s1. The number of nitrogens with zero attached hydrogens (tertiary/aromatic N) is 3. The van der Waals surface area contributed by atoms with Crippen molar-refractivity contribution in [3.63, 3.8) is 0 Å². The van der Waals surface area contributed by atoms with Gasteiger partial charge in [-0.15, -0.1) is 11.3 Å². The van der Waals surface area contributed by atoms with Crippen LogP contribution in [0, 0.1) is 18.8 Å². The zero-order chi connectivity index (χ0) is 25.0. The maximum Gasteiger partial charge on any atom is 0.254 e. The molecule has 11 heteroatoms. The smallest absolute Gasteiger partial charge is 0.254 e. The lowest BCUT2D eigenvalue weighted by Gasteiger charge is -2.36. The van der Waals surface area contributed by atoms with Crippen molar-refractivity contribution in [2.24, 2.45) is 17.7 Å². The number of carbonyl (C=O) groups is 2. The molecule has 2 amide bonds. The van der Waals surface area contributed by atoms with Crippen molar-refractivity contribution in [3.8, 4) is 0 Å². The number of amides is 2. The van der Waals surface area contributed by atoms with E-state index in [9.17, 15) is 9.59 Å². The van der Waals surface area contributed by atoms with Gasteiger partial charge >= 0.3 is 0 Å². The molecule has 0 unspecified atom stereocenters. The Kier molecular flexibility index (Phi) is 6.25. The van der Waals surface area contributed by atoms with Crippen molar-refractivity contribution in [1.82, 2.24) is 20.5 Å². The molecular formula is C25H33N7O2S2. The minimum Gasteiger partial charge on any atom is -0.352 e. The summed E-state index contributed by atoms with van der Waals surface area (Å²) in [6.07, 6.45) is 8.73. The molecule has 36 heavy (non-hydrogen) atoms. The van der Waals surface area contributed by atoms with Crippen molar-refractivity contribution in [2.45, 2.75) is 76.8 Å². The zero-order valence-electron chi connectivity index (χ0n) is 20.5. The molecule has 4 aliphatic carbocycles. The monoisotopic (exact) mass is 527 g/mol. The van der Waals surface area contributed by atoms with Gasteiger partial charge in [0.1, 0.15) is 10.8 Å². The Morgan fingerprint density at radius 2 is 2.00 bits per heavy atom. The van der Waals surface area contributed by atoms with Crippen LogP contribution < -0.4 is 26.8 Å². The lowest BCUT2D eigenvalue weighted by Crippen LogP contribution is -2.51. The van der Waals surface area contributed by atoms with Crippen LogP contribution in [0.15, 0.2) is 6.07 Å². The molecule has 2 aromatic rings. The number of anilines is 2. The van der Waals surface area contributed by atoms with E-state index in [1.54, 1.807) is 11.3 Å². The second kappa shape index (κ2) is 9.42. The van der Waals surface area contributed by atoms with E-state index in [0.29, 0.717) is 40.6 Å².